The van der Waals surface area contributed by atoms with Gasteiger partial charge in [-0.1, -0.05) is 28.4 Å². The lowest BCUT2D eigenvalue weighted by Crippen LogP contribution is -2.27. The molecule has 0 saturated heterocycles. The molecule has 0 saturated carbocycles. The van der Waals surface area contributed by atoms with Crippen LogP contribution in [0.1, 0.15) is 35.0 Å². The summed E-state index contributed by atoms with van der Waals surface area (Å²) in [5.74, 6) is 1.57. The number of aryl methyl sites for hydroxylation is 2. The van der Waals surface area contributed by atoms with Crippen LogP contribution in [0, 0.1) is 13.8 Å². The second-order valence-electron chi connectivity index (χ2n) is 5.18. The zero-order valence-corrected chi connectivity index (χ0v) is 13.4. The van der Waals surface area contributed by atoms with Crippen molar-refractivity contribution in [2.24, 2.45) is 0 Å². The van der Waals surface area contributed by atoms with Gasteiger partial charge in [0.2, 0.25) is 0 Å². The maximum atomic E-state index is 6.20. The highest BCUT2D eigenvalue weighted by Crippen LogP contribution is 2.40. The highest BCUT2D eigenvalue weighted by molar-refractivity contribution is 6.35. The minimum Gasteiger partial charge on any atom is -0.492 e. The quantitative estimate of drug-likeness (QED) is 0.917. The Balaban J connectivity index is 1.83. The molecule has 0 bridgehead atoms. The first-order valence-electron chi connectivity index (χ1n) is 6.83. The van der Waals surface area contributed by atoms with Crippen LogP contribution in [0.25, 0.3) is 0 Å². The van der Waals surface area contributed by atoms with Crippen LogP contribution in [-0.4, -0.2) is 11.8 Å². The molecule has 2 heterocycles. The predicted molar refractivity (Wildman–Crippen MR) is 82.1 cm³/mol. The molecular weight excluding hydrogens is 311 g/mol. The third kappa shape index (κ3) is 2.89. The molecule has 0 fully saturated rings. The van der Waals surface area contributed by atoms with E-state index in [9.17, 15) is 0 Å². The Hall–Kier alpha value is -1.23. The molecule has 1 unspecified atom stereocenters. The fourth-order valence-electron chi connectivity index (χ4n) is 2.62. The number of benzene rings is 1. The predicted octanol–water partition coefficient (Wildman–Crippen LogP) is 4.21. The maximum absolute atomic E-state index is 6.20. The van der Waals surface area contributed by atoms with Crippen molar-refractivity contribution in [3.8, 4) is 5.75 Å². The lowest BCUT2D eigenvalue weighted by molar-refractivity contribution is 0.252. The van der Waals surface area contributed by atoms with E-state index in [1.54, 1.807) is 6.07 Å². The number of fused-ring (bicyclic) bond motifs is 1. The molecule has 1 aliphatic heterocycles. The van der Waals surface area contributed by atoms with Crippen LogP contribution in [0.15, 0.2) is 16.7 Å². The molecule has 1 aromatic carbocycles. The monoisotopic (exact) mass is 326 g/mol. The average molecular weight is 327 g/mol. The molecule has 2 aromatic rings. The number of aromatic nitrogens is 1. The number of halogens is 2. The fourth-order valence-corrected chi connectivity index (χ4v) is 3.18. The Bertz CT molecular complexity index is 650. The summed E-state index contributed by atoms with van der Waals surface area (Å²) in [5.41, 5.74) is 3.01. The van der Waals surface area contributed by atoms with Gasteiger partial charge >= 0.3 is 0 Å². The van der Waals surface area contributed by atoms with Gasteiger partial charge in [-0.05, 0) is 26.0 Å². The lowest BCUT2D eigenvalue weighted by Gasteiger charge is -2.27. The summed E-state index contributed by atoms with van der Waals surface area (Å²) in [5, 5.41) is 8.67. The van der Waals surface area contributed by atoms with E-state index in [0.717, 1.165) is 34.8 Å². The van der Waals surface area contributed by atoms with E-state index in [0.29, 0.717) is 23.2 Å². The molecule has 1 aliphatic rings. The molecule has 21 heavy (non-hydrogen) atoms. The van der Waals surface area contributed by atoms with Crippen molar-refractivity contribution in [1.29, 1.82) is 0 Å². The van der Waals surface area contributed by atoms with Gasteiger partial charge in [-0.3, -0.25) is 0 Å². The van der Waals surface area contributed by atoms with Gasteiger partial charge in [0.05, 0.1) is 17.3 Å². The van der Waals surface area contributed by atoms with E-state index >= 15 is 0 Å². The largest absolute Gasteiger partial charge is 0.492 e. The van der Waals surface area contributed by atoms with E-state index in [1.165, 1.54) is 0 Å². The minimum absolute atomic E-state index is 0.152. The molecule has 1 atom stereocenters. The number of nitrogens with one attached hydrogen (secondary N) is 1. The molecule has 4 nitrogen and oxygen atoms in total. The van der Waals surface area contributed by atoms with Crippen LogP contribution >= 0.6 is 23.2 Å². The molecule has 6 heteroatoms. The van der Waals surface area contributed by atoms with Gasteiger partial charge in [0, 0.05) is 35.2 Å². The summed E-state index contributed by atoms with van der Waals surface area (Å²) in [6, 6.07) is 3.77. The van der Waals surface area contributed by atoms with Crippen LogP contribution in [-0.2, 0) is 6.54 Å². The zero-order chi connectivity index (χ0) is 15.0. The summed E-state index contributed by atoms with van der Waals surface area (Å²) in [4.78, 5) is 0. The van der Waals surface area contributed by atoms with Crippen LogP contribution < -0.4 is 10.1 Å². The third-order valence-corrected chi connectivity index (χ3v) is 4.27. The molecular formula is C15H16Cl2N2O2. The summed E-state index contributed by atoms with van der Waals surface area (Å²) >= 11 is 12.3. The number of nitrogens with zero attached hydrogens (tertiary/aromatic N) is 1. The van der Waals surface area contributed by atoms with Gasteiger partial charge in [0.15, 0.2) is 0 Å². The van der Waals surface area contributed by atoms with Crippen LogP contribution in [0.5, 0.6) is 5.75 Å². The van der Waals surface area contributed by atoms with Crippen molar-refractivity contribution >= 4 is 23.2 Å². The van der Waals surface area contributed by atoms with Crippen LogP contribution in [0.4, 0.5) is 0 Å². The molecule has 0 spiro atoms. The summed E-state index contributed by atoms with van der Waals surface area (Å²) < 4.78 is 10.8. The van der Waals surface area contributed by atoms with Crippen molar-refractivity contribution in [3.63, 3.8) is 0 Å². The summed E-state index contributed by atoms with van der Waals surface area (Å²) in [6.07, 6.45) is 0.868. The zero-order valence-electron chi connectivity index (χ0n) is 11.9. The molecule has 0 radical (unpaired) electrons. The van der Waals surface area contributed by atoms with Gasteiger partial charge in [-0.15, -0.1) is 0 Å². The van der Waals surface area contributed by atoms with Crippen molar-refractivity contribution in [2.45, 2.75) is 32.9 Å². The topological polar surface area (TPSA) is 47.3 Å². The van der Waals surface area contributed by atoms with E-state index in [4.69, 9.17) is 32.5 Å². The molecule has 3 rings (SSSR count). The smallest absolute Gasteiger partial charge is 0.142 e. The number of hydrogen-bond donors (Lipinski definition) is 1. The molecule has 112 valence electrons. The molecule has 0 aliphatic carbocycles. The molecule has 1 aromatic heterocycles. The van der Waals surface area contributed by atoms with E-state index in [2.05, 4.69) is 10.5 Å². The number of rotatable bonds is 3. The molecule has 0 amide bonds. The van der Waals surface area contributed by atoms with Crippen LogP contribution in [0.3, 0.4) is 0 Å². The van der Waals surface area contributed by atoms with Crippen molar-refractivity contribution in [1.82, 2.24) is 10.5 Å². The van der Waals surface area contributed by atoms with Gasteiger partial charge < -0.3 is 14.6 Å². The Morgan fingerprint density at radius 1 is 1.33 bits per heavy atom. The summed E-state index contributed by atoms with van der Waals surface area (Å²) in [6.45, 7) is 5.19. The van der Waals surface area contributed by atoms with Crippen molar-refractivity contribution in [3.05, 3.63) is 44.8 Å². The van der Waals surface area contributed by atoms with Crippen molar-refractivity contribution < 1.29 is 9.26 Å². The highest BCUT2D eigenvalue weighted by atomic mass is 35.5. The van der Waals surface area contributed by atoms with Gasteiger partial charge in [0.25, 0.3) is 0 Å². The lowest BCUT2D eigenvalue weighted by atomic mass is 10.00. The fraction of sp³-hybridized carbons (Fsp3) is 0.400. The number of hydrogen-bond acceptors (Lipinski definition) is 4. The minimum atomic E-state index is 0.152. The van der Waals surface area contributed by atoms with Gasteiger partial charge in [0.1, 0.15) is 11.5 Å². The van der Waals surface area contributed by atoms with Crippen LogP contribution in [0.2, 0.25) is 10.0 Å². The average Bonchev–Trinajstić information content (AvgIpc) is 2.76. The Labute approximate surface area is 133 Å². The molecule has 1 N–H and O–H groups in total. The van der Waals surface area contributed by atoms with Gasteiger partial charge in [-0.2, -0.15) is 0 Å². The third-order valence-electron chi connectivity index (χ3n) is 3.77. The first-order chi connectivity index (χ1) is 10.1. The Kier molecular flexibility index (Phi) is 4.11. The first-order valence-corrected chi connectivity index (χ1v) is 7.58. The summed E-state index contributed by atoms with van der Waals surface area (Å²) in [7, 11) is 0. The second kappa shape index (κ2) is 5.87. The normalized spacial score (nSPS) is 17.4. The van der Waals surface area contributed by atoms with E-state index < -0.39 is 0 Å². The van der Waals surface area contributed by atoms with Crippen molar-refractivity contribution in [2.75, 3.05) is 6.61 Å². The number of ether oxygens (including phenoxy) is 1. The van der Waals surface area contributed by atoms with E-state index in [-0.39, 0.29) is 6.04 Å². The van der Waals surface area contributed by atoms with Gasteiger partial charge in [-0.25, -0.2) is 0 Å². The van der Waals surface area contributed by atoms with E-state index in [1.807, 2.05) is 19.9 Å². The standard InChI is InChI=1S/C15H16Cl2N2O2/c1-8-12(9(2)21-19-8)7-18-14-3-4-20-15-11(14)5-10(16)6-13(15)17/h5-6,14,18H,3-4,7H2,1-2H3. The first kappa shape index (κ1) is 14.7. The highest BCUT2D eigenvalue weighted by Gasteiger charge is 2.24. The Morgan fingerprint density at radius 3 is 2.86 bits per heavy atom. The SMILES string of the molecule is Cc1noc(C)c1CNC1CCOc2c(Cl)cc(Cl)cc21. The Morgan fingerprint density at radius 2 is 2.14 bits per heavy atom. The second-order valence-corrected chi connectivity index (χ2v) is 6.02. The maximum Gasteiger partial charge on any atom is 0.142 e.